The molecule has 1 N–H and O–H groups in total. The maximum atomic E-state index is 13.0. The van der Waals surface area contributed by atoms with Gasteiger partial charge in [0.2, 0.25) is 0 Å². The molecule has 2 heterocycles. The molecule has 1 saturated heterocycles. The van der Waals surface area contributed by atoms with E-state index in [-0.39, 0.29) is 18.3 Å². The van der Waals surface area contributed by atoms with Gasteiger partial charge in [0, 0.05) is 13.1 Å². The predicted molar refractivity (Wildman–Crippen MR) is 79.9 cm³/mol. The summed E-state index contributed by atoms with van der Waals surface area (Å²) < 4.78 is 14.6. The highest BCUT2D eigenvalue weighted by Crippen LogP contribution is 2.21. The predicted octanol–water partition coefficient (Wildman–Crippen LogP) is 1.87. The molecule has 1 aromatic carbocycles. The third-order valence-electron chi connectivity index (χ3n) is 4.14. The van der Waals surface area contributed by atoms with Crippen LogP contribution in [0.1, 0.15) is 22.5 Å². The number of halogens is 1. The summed E-state index contributed by atoms with van der Waals surface area (Å²) in [4.78, 5) is 25.1. The van der Waals surface area contributed by atoms with E-state index in [9.17, 15) is 14.0 Å². The van der Waals surface area contributed by atoms with Crippen LogP contribution >= 0.6 is 0 Å². The molecule has 1 amide bonds. The van der Waals surface area contributed by atoms with E-state index in [2.05, 4.69) is 5.10 Å². The van der Waals surface area contributed by atoms with Gasteiger partial charge in [-0.05, 0) is 37.6 Å². The molecular weight excluding hydrogens is 301 g/mol. The van der Waals surface area contributed by atoms with Gasteiger partial charge in [-0.2, -0.15) is 5.10 Å². The second-order valence-corrected chi connectivity index (χ2v) is 5.61. The minimum atomic E-state index is -0.876. The van der Waals surface area contributed by atoms with Crippen LogP contribution in [0.5, 0.6) is 0 Å². The van der Waals surface area contributed by atoms with Crippen molar-refractivity contribution in [2.24, 2.45) is 5.92 Å². The van der Waals surface area contributed by atoms with E-state index in [4.69, 9.17) is 5.11 Å². The SMILES string of the molecule is Cc1c(C(=O)N2CC[C@H](C(=O)O)C2)cnn1-c1ccc(F)cc1. The van der Waals surface area contributed by atoms with Crippen molar-refractivity contribution in [3.05, 3.63) is 47.5 Å². The van der Waals surface area contributed by atoms with Crippen molar-refractivity contribution in [2.75, 3.05) is 13.1 Å². The summed E-state index contributed by atoms with van der Waals surface area (Å²) in [5.74, 6) is -1.95. The summed E-state index contributed by atoms with van der Waals surface area (Å²) in [7, 11) is 0. The number of carboxylic acids is 1. The van der Waals surface area contributed by atoms with Gasteiger partial charge in [0.1, 0.15) is 5.82 Å². The number of hydrogen-bond acceptors (Lipinski definition) is 3. The van der Waals surface area contributed by atoms with Crippen LogP contribution in [0, 0.1) is 18.7 Å². The fourth-order valence-corrected chi connectivity index (χ4v) is 2.78. The fraction of sp³-hybridized carbons (Fsp3) is 0.312. The van der Waals surface area contributed by atoms with Gasteiger partial charge >= 0.3 is 5.97 Å². The van der Waals surface area contributed by atoms with Gasteiger partial charge in [0.05, 0.1) is 29.1 Å². The number of nitrogens with zero attached hydrogens (tertiary/aromatic N) is 3. The maximum Gasteiger partial charge on any atom is 0.308 e. The third-order valence-corrected chi connectivity index (χ3v) is 4.14. The standard InChI is InChI=1S/C16H16FN3O3/c1-10-14(15(21)19-7-6-11(9-19)16(22)23)8-18-20(10)13-4-2-12(17)3-5-13/h2-5,8,11H,6-7,9H2,1H3,(H,22,23)/t11-/m0/s1. The number of aliphatic carboxylic acids is 1. The molecule has 6 nitrogen and oxygen atoms in total. The molecule has 1 fully saturated rings. The number of rotatable bonds is 3. The van der Waals surface area contributed by atoms with Crippen molar-refractivity contribution in [1.29, 1.82) is 0 Å². The number of amides is 1. The van der Waals surface area contributed by atoms with Crippen LogP contribution in [-0.4, -0.2) is 44.8 Å². The van der Waals surface area contributed by atoms with Crippen LogP contribution < -0.4 is 0 Å². The van der Waals surface area contributed by atoms with Crippen molar-refractivity contribution >= 4 is 11.9 Å². The monoisotopic (exact) mass is 317 g/mol. The first kappa shape index (κ1) is 15.2. The zero-order valence-corrected chi connectivity index (χ0v) is 12.6. The van der Waals surface area contributed by atoms with E-state index < -0.39 is 11.9 Å². The molecule has 1 aliphatic rings. The van der Waals surface area contributed by atoms with E-state index in [0.29, 0.717) is 29.9 Å². The molecule has 0 unspecified atom stereocenters. The van der Waals surface area contributed by atoms with Crippen molar-refractivity contribution in [2.45, 2.75) is 13.3 Å². The minimum Gasteiger partial charge on any atom is -0.481 e. The number of carbonyl (C=O) groups is 2. The highest BCUT2D eigenvalue weighted by Gasteiger charge is 2.32. The van der Waals surface area contributed by atoms with Crippen molar-refractivity contribution in [3.8, 4) is 5.69 Å². The highest BCUT2D eigenvalue weighted by molar-refractivity contribution is 5.95. The number of benzene rings is 1. The number of aromatic nitrogens is 2. The van der Waals surface area contributed by atoms with Gasteiger partial charge in [0.15, 0.2) is 0 Å². The third kappa shape index (κ3) is 2.81. The second kappa shape index (κ2) is 5.83. The maximum absolute atomic E-state index is 13.0. The Morgan fingerprint density at radius 3 is 2.61 bits per heavy atom. The summed E-state index contributed by atoms with van der Waals surface area (Å²) >= 11 is 0. The summed E-state index contributed by atoms with van der Waals surface area (Å²) in [5.41, 5.74) is 1.73. The Labute approximate surface area is 132 Å². The van der Waals surface area contributed by atoms with Gasteiger partial charge in [-0.15, -0.1) is 0 Å². The average Bonchev–Trinajstić information content (AvgIpc) is 3.15. The Balaban J connectivity index is 1.83. The Kier molecular flexibility index (Phi) is 3.85. The molecule has 0 bridgehead atoms. The van der Waals surface area contributed by atoms with Crippen molar-refractivity contribution < 1.29 is 19.1 Å². The van der Waals surface area contributed by atoms with Gasteiger partial charge in [-0.25, -0.2) is 9.07 Å². The van der Waals surface area contributed by atoms with Gasteiger partial charge in [-0.3, -0.25) is 9.59 Å². The smallest absolute Gasteiger partial charge is 0.308 e. The molecule has 1 atom stereocenters. The topological polar surface area (TPSA) is 75.4 Å². The summed E-state index contributed by atoms with van der Waals surface area (Å²) in [5, 5.41) is 13.2. The molecule has 0 radical (unpaired) electrons. The zero-order valence-electron chi connectivity index (χ0n) is 12.6. The lowest BCUT2D eigenvalue weighted by molar-refractivity contribution is -0.141. The van der Waals surface area contributed by atoms with Crippen LogP contribution in [0.25, 0.3) is 5.69 Å². The quantitative estimate of drug-likeness (QED) is 0.937. The van der Waals surface area contributed by atoms with E-state index in [1.54, 1.807) is 23.7 Å². The molecule has 23 heavy (non-hydrogen) atoms. The van der Waals surface area contributed by atoms with E-state index in [1.807, 2.05) is 0 Å². The first-order chi connectivity index (χ1) is 11.0. The highest BCUT2D eigenvalue weighted by atomic mass is 19.1. The summed E-state index contributed by atoms with van der Waals surface area (Å²) in [6.45, 7) is 2.40. The molecular formula is C16H16FN3O3. The van der Waals surface area contributed by atoms with Crippen molar-refractivity contribution in [1.82, 2.24) is 14.7 Å². The lowest BCUT2D eigenvalue weighted by Gasteiger charge is -2.15. The number of likely N-dealkylation sites (tertiary alicyclic amines) is 1. The van der Waals surface area contributed by atoms with Gasteiger partial charge in [-0.1, -0.05) is 0 Å². The van der Waals surface area contributed by atoms with Crippen LogP contribution in [0.15, 0.2) is 30.5 Å². The molecule has 7 heteroatoms. The molecule has 0 saturated carbocycles. The number of hydrogen-bond donors (Lipinski definition) is 1. The normalized spacial score (nSPS) is 17.5. The van der Waals surface area contributed by atoms with E-state index in [1.165, 1.54) is 23.2 Å². The number of carbonyl (C=O) groups excluding carboxylic acids is 1. The molecule has 0 aliphatic carbocycles. The molecule has 2 aromatic rings. The van der Waals surface area contributed by atoms with E-state index in [0.717, 1.165) is 0 Å². The van der Waals surface area contributed by atoms with Crippen LogP contribution in [0.3, 0.4) is 0 Å². The van der Waals surface area contributed by atoms with Gasteiger partial charge in [0.25, 0.3) is 5.91 Å². The minimum absolute atomic E-state index is 0.218. The lowest BCUT2D eigenvalue weighted by Crippen LogP contribution is -2.30. The lowest BCUT2D eigenvalue weighted by atomic mass is 10.1. The van der Waals surface area contributed by atoms with Gasteiger partial charge < -0.3 is 10.0 Å². The first-order valence-corrected chi connectivity index (χ1v) is 7.30. The van der Waals surface area contributed by atoms with E-state index >= 15 is 0 Å². The Morgan fingerprint density at radius 2 is 2.00 bits per heavy atom. The Bertz CT molecular complexity index is 754. The first-order valence-electron chi connectivity index (χ1n) is 7.30. The summed E-state index contributed by atoms with van der Waals surface area (Å²) in [6, 6.07) is 5.82. The van der Waals surface area contributed by atoms with Crippen LogP contribution in [0.4, 0.5) is 4.39 Å². The second-order valence-electron chi connectivity index (χ2n) is 5.61. The average molecular weight is 317 g/mol. The molecule has 0 spiro atoms. The molecule has 3 rings (SSSR count). The molecule has 120 valence electrons. The Morgan fingerprint density at radius 1 is 1.30 bits per heavy atom. The Hall–Kier alpha value is -2.70. The number of carboxylic acid groups (broad SMARTS) is 1. The van der Waals surface area contributed by atoms with Crippen LogP contribution in [-0.2, 0) is 4.79 Å². The van der Waals surface area contributed by atoms with Crippen molar-refractivity contribution in [3.63, 3.8) is 0 Å². The molecule has 1 aliphatic heterocycles. The summed E-state index contributed by atoms with van der Waals surface area (Å²) in [6.07, 6.45) is 1.93. The zero-order chi connectivity index (χ0) is 16.6. The largest absolute Gasteiger partial charge is 0.481 e. The van der Waals surface area contributed by atoms with Crippen LogP contribution in [0.2, 0.25) is 0 Å². The fourth-order valence-electron chi connectivity index (χ4n) is 2.78. The molecule has 1 aromatic heterocycles.